The highest BCUT2D eigenvalue weighted by Gasteiger charge is 2.59. The van der Waals surface area contributed by atoms with Crippen LogP contribution in [0.15, 0.2) is 60.8 Å². The quantitative estimate of drug-likeness (QED) is 0.672. The fourth-order valence-corrected chi connectivity index (χ4v) is 4.56. The minimum absolute atomic E-state index is 0.0347. The molecule has 1 atom stereocenters. The summed E-state index contributed by atoms with van der Waals surface area (Å²) in [6.07, 6.45) is 4.04. The van der Waals surface area contributed by atoms with Crippen LogP contribution in [-0.2, 0) is 10.2 Å². The third-order valence-electron chi connectivity index (χ3n) is 5.84. The van der Waals surface area contributed by atoms with Crippen molar-refractivity contribution >= 4 is 29.2 Å². The number of nitrogens with one attached hydrogen (secondary N) is 2. The number of nitrogens with zero attached hydrogens (tertiary/aromatic N) is 2. The van der Waals surface area contributed by atoms with Crippen molar-refractivity contribution in [2.45, 2.75) is 24.7 Å². The summed E-state index contributed by atoms with van der Waals surface area (Å²) in [4.78, 5) is 15.1. The lowest BCUT2D eigenvalue weighted by Gasteiger charge is -2.28. The summed E-state index contributed by atoms with van der Waals surface area (Å²) < 4.78 is 0. The Kier molecular flexibility index (Phi) is 3.88. The Hall–Kier alpha value is -2.92. The molecule has 1 amide bonds. The van der Waals surface area contributed by atoms with Gasteiger partial charge in [-0.05, 0) is 47.6 Å². The number of hydrogen-bond donors (Lipinski definition) is 2. The Morgan fingerprint density at radius 1 is 1.11 bits per heavy atom. The van der Waals surface area contributed by atoms with Crippen molar-refractivity contribution in [1.82, 2.24) is 10.2 Å². The maximum Gasteiger partial charge on any atom is 0.245 e. The predicted octanol–water partition coefficient (Wildman–Crippen LogP) is 4.79. The number of hydrogen-bond acceptors (Lipinski definition) is 3. The van der Waals surface area contributed by atoms with Gasteiger partial charge in [0.05, 0.1) is 11.6 Å². The van der Waals surface area contributed by atoms with E-state index in [0.717, 1.165) is 29.5 Å². The molecule has 5 nitrogen and oxygen atoms in total. The van der Waals surface area contributed by atoms with Gasteiger partial charge in [0.2, 0.25) is 5.91 Å². The van der Waals surface area contributed by atoms with E-state index in [9.17, 15) is 4.79 Å². The highest BCUT2D eigenvalue weighted by atomic mass is 35.5. The van der Waals surface area contributed by atoms with E-state index >= 15 is 0 Å². The Balaban J connectivity index is 1.61. The summed E-state index contributed by atoms with van der Waals surface area (Å²) in [5.41, 5.74) is 2.34. The largest absolute Gasteiger partial charge is 0.288 e. The number of anilines is 1. The van der Waals surface area contributed by atoms with Crippen molar-refractivity contribution in [2.24, 2.45) is 5.92 Å². The van der Waals surface area contributed by atoms with Crippen molar-refractivity contribution in [3.8, 4) is 11.1 Å². The molecular weight excluding hydrogens is 372 g/mol. The van der Waals surface area contributed by atoms with E-state index in [2.05, 4.69) is 16.3 Å². The molecule has 6 heteroatoms. The summed E-state index contributed by atoms with van der Waals surface area (Å²) in [6.45, 7) is 0. The van der Waals surface area contributed by atoms with Gasteiger partial charge in [0.25, 0.3) is 0 Å². The molecule has 2 aromatic carbocycles. The molecule has 1 aliphatic carbocycles. The second kappa shape index (κ2) is 6.31. The second-order valence-corrected chi connectivity index (χ2v) is 7.98. The number of rotatable bonds is 4. The maximum atomic E-state index is 13.6. The van der Waals surface area contributed by atoms with Gasteiger partial charge in [-0.2, -0.15) is 5.10 Å². The van der Waals surface area contributed by atoms with Gasteiger partial charge in [-0.25, -0.2) is 0 Å². The SMILES string of the molecule is N=C1CC(c2cccc(-c3cccc(Cl)c3)c2)(C2CC2)C(=O)N1c1ccn[nH]1. The van der Waals surface area contributed by atoms with Crippen molar-refractivity contribution in [3.05, 3.63) is 71.4 Å². The normalized spacial score (nSPS) is 22.1. The van der Waals surface area contributed by atoms with Crippen molar-refractivity contribution in [1.29, 1.82) is 5.41 Å². The zero-order valence-electron chi connectivity index (χ0n) is 15.2. The van der Waals surface area contributed by atoms with Gasteiger partial charge in [-0.3, -0.25) is 20.2 Å². The van der Waals surface area contributed by atoms with Crippen LogP contribution in [0, 0.1) is 11.3 Å². The average molecular weight is 391 g/mol. The first-order chi connectivity index (χ1) is 13.6. The summed E-state index contributed by atoms with van der Waals surface area (Å²) in [7, 11) is 0. The van der Waals surface area contributed by atoms with Gasteiger partial charge in [-0.15, -0.1) is 0 Å². The molecule has 1 unspecified atom stereocenters. The monoisotopic (exact) mass is 390 g/mol. The highest BCUT2D eigenvalue weighted by Crippen LogP contribution is 2.54. The lowest BCUT2D eigenvalue weighted by molar-refractivity contribution is -0.122. The number of aromatic amines is 1. The lowest BCUT2D eigenvalue weighted by Crippen LogP contribution is -2.40. The zero-order chi connectivity index (χ0) is 19.3. The molecule has 1 aromatic heterocycles. The standard InChI is InChI=1S/C22H19ClN4O/c23-18-6-2-4-15(12-18)14-3-1-5-17(11-14)22(16-7-8-16)13-19(24)27(21(22)28)20-9-10-25-26-20/h1-6,9-12,16,24H,7-8,13H2,(H,25,26). The number of H-pyrrole nitrogens is 1. The Morgan fingerprint density at radius 3 is 2.54 bits per heavy atom. The Labute approximate surface area is 167 Å². The van der Waals surface area contributed by atoms with Crippen LogP contribution in [0.5, 0.6) is 0 Å². The van der Waals surface area contributed by atoms with E-state index < -0.39 is 5.41 Å². The van der Waals surface area contributed by atoms with Crippen LogP contribution < -0.4 is 4.90 Å². The zero-order valence-corrected chi connectivity index (χ0v) is 15.9. The van der Waals surface area contributed by atoms with Crippen molar-refractivity contribution in [2.75, 3.05) is 4.90 Å². The fourth-order valence-electron chi connectivity index (χ4n) is 4.37. The van der Waals surface area contributed by atoms with Gasteiger partial charge < -0.3 is 0 Å². The number of carbonyl (C=O) groups excluding carboxylic acids is 1. The smallest absolute Gasteiger partial charge is 0.245 e. The summed E-state index contributed by atoms with van der Waals surface area (Å²) in [5.74, 6) is 1.10. The molecule has 1 saturated heterocycles. The van der Waals surface area contributed by atoms with Crippen LogP contribution in [0.25, 0.3) is 11.1 Å². The number of carbonyl (C=O) groups is 1. The lowest BCUT2D eigenvalue weighted by atomic mass is 9.74. The second-order valence-electron chi connectivity index (χ2n) is 7.54. The van der Waals surface area contributed by atoms with Crippen LogP contribution in [0.2, 0.25) is 5.02 Å². The van der Waals surface area contributed by atoms with E-state index in [1.165, 1.54) is 4.90 Å². The number of benzene rings is 2. The minimum atomic E-state index is -0.684. The molecule has 2 fully saturated rings. The van der Waals surface area contributed by atoms with E-state index in [0.29, 0.717) is 23.1 Å². The van der Waals surface area contributed by atoms with E-state index in [-0.39, 0.29) is 11.8 Å². The summed E-state index contributed by atoms with van der Waals surface area (Å²) >= 11 is 6.17. The van der Waals surface area contributed by atoms with Gasteiger partial charge in [-0.1, -0.05) is 48.0 Å². The predicted molar refractivity (Wildman–Crippen MR) is 110 cm³/mol. The Bertz CT molecular complexity index is 1070. The molecule has 2 heterocycles. The third-order valence-corrected chi connectivity index (χ3v) is 6.07. The number of halogens is 1. The fraction of sp³-hybridized carbons (Fsp3) is 0.227. The maximum absolute atomic E-state index is 13.6. The Morgan fingerprint density at radius 2 is 1.86 bits per heavy atom. The number of aromatic nitrogens is 2. The number of amides is 1. The average Bonchev–Trinajstić information content (AvgIpc) is 3.35. The van der Waals surface area contributed by atoms with Gasteiger partial charge in [0, 0.05) is 17.5 Å². The van der Waals surface area contributed by atoms with Gasteiger partial charge >= 0.3 is 0 Å². The third kappa shape index (κ3) is 2.58. The molecule has 2 aliphatic rings. The summed E-state index contributed by atoms with van der Waals surface area (Å²) in [6, 6.07) is 17.6. The molecule has 2 N–H and O–H groups in total. The molecule has 1 saturated carbocycles. The molecule has 140 valence electrons. The molecule has 28 heavy (non-hydrogen) atoms. The van der Waals surface area contributed by atoms with Crippen LogP contribution in [0.4, 0.5) is 5.82 Å². The van der Waals surface area contributed by atoms with E-state index in [1.54, 1.807) is 12.3 Å². The first-order valence-electron chi connectivity index (χ1n) is 9.37. The highest BCUT2D eigenvalue weighted by molar-refractivity contribution is 6.30. The minimum Gasteiger partial charge on any atom is -0.288 e. The van der Waals surface area contributed by atoms with Gasteiger partial charge in [0.15, 0.2) is 0 Å². The van der Waals surface area contributed by atoms with Crippen LogP contribution in [0.1, 0.15) is 24.8 Å². The molecular formula is C22H19ClN4O. The molecule has 5 rings (SSSR count). The van der Waals surface area contributed by atoms with Gasteiger partial charge in [0.1, 0.15) is 11.7 Å². The molecule has 1 aliphatic heterocycles. The number of amidine groups is 1. The first-order valence-corrected chi connectivity index (χ1v) is 9.75. The summed E-state index contributed by atoms with van der Waals surface area (Å²) in [5, 5.41) is 16.0. The van der Waals surface area contributed by atoms with Crippen molar-refractivity contribution < 1.29 is 4.79 Å². The topological polar surface area (TPSA) is 72.8 Å². The molecule has 0 radical (unpaired) electrons. The van der Waals surface area contributed by atoms with Crippen LogP contribution in [-0.4, -0.2) is 21.9 Å². The van der Waals surface area contributed by atoms with Crippen molar-refractivity contribution in [3.63, 3.8) is 0 Å². The van der Waals surface area contributed by atoms with E-state index in [1.807, 2.05) is 42.5 Å². The van der Waals surface area contributed by atoms with E-state index in [4.69, 9.17) is 17.0 Å². The van der Waals surface area contributed by atoms with Crippen LogP contribution in [0.3, 0.4) is 0 Å². The molecule has 0 spiro atoms. The van der Waals surface area contributed by atoms with Crippen LogP contribution >= 0.6 is 11.6 Å². The first kappa shape index (κ1) is 17.2. The molecule has 0 bridgehead atoms. The molecule has 3 aromatic rings.